The molecule has 1 N–H and O–H groups in total. The topological polar surface area (TPSA) is 12.0 Å². The minimum Gasteiger partial charge on any atom is -0.314 e. The lowest BCUT2D eigenvalue weighted by molar-refractivity contribution is 0.229. The highest BCUT2D eigenvalue weighted by atomic mass is 14.9. The molecule has 3 rings (SSSR count). The fourth-order valence-corrected chi connectivity index (χ4v) is 3.52. The molecule has 1 fully saturated rings. The fraction of sp³-hybridized carbons (Fsp3) is 0.647. The predicted octanol–water partition coefficient (Wildman–Crippen LogP) is 3.50. The Labute approximate surface area is 111 Å². The summed E-state index contributed by atoms with van der Waals surface area (Å²) in [5.41, 5.74) is 4.77. The van der Waals surface area contributed by atoms with Crippen molar-refractivity contribution in [2.45, 2.75) is 57.9 Å². The molecule has 1 heteroatoms. The van der Waals surface area contributed by atoms with Gasteiger partial charge in [-0.3, -0.25) is 0 Å². The first-order chi connectivity index (χ1) is 8.86. The first-order valence-corrected chi connectivity index (χ1v) is 7.71. The van der Waals surface area contributed by atoms with Crippen LogP contribution in [-0.4, -0.2) is 12.6 Å². The molecule has 0 amide bonds. The Kier molecular flexibility index (Phi) is 3.69. The summed E-state index contributed by atoms with van der Waals surface area (Å²) in [6.45, 7) is 3.33. The third-order valence-corrected chi connectivity index (χ3v) is 4.80. The number of hydrogen-bond donors (Lipinski definition) is 1. The van der Waals surface area contributed by atoms with E-state index in [1.807, 2.05) is 0 Å². The number of fused-ring (bicyclic) bond motifs is 1. The van der Waals surface area contributed by atoms with Crippen LogP contribution in [0.3, 0.4) is 0 Å². The third kappa shape index (κ3) is 2.47. The van der Waals surface area contributed by atoms with Crippen LogP contribution in [0.15, 0.2) is 18.2 Å². The summed E-state index contributed by atoms with van der Waals surface area (Å²) >= 11 is 0. The Bertz CT molecular complexity index is 406. The summed E-state index contributed by atoms with van der Waals surface area (Å²) in [5.74, 6) is 0.929. The van der Waals surface area contributed by atoms with Crippen LogP contribution in [0.25, 0.3) is 0 Å². The van der Waals surface area contributed by atoms with Crippen molar-refractivity contribution in [3.05, 3.63) is 34.9 Å². The van der Waals surface area contributed by atoms with Crippen LogP contribution in [0.1, 0.15) is 49.3 Å². The van der Waals surface area contributed by atoms with Crippen LogP contribution in [0, 0.1) is 5.92 Å². The molecule has 0 aliphatic heterocycles. The molecule has 1 aromatic carbocycles. The van der Waals surface area contributed by atoms with Crippen LogP contribution >= 0.6 is 0 Å². The van der Waals surface area contributed by atoms with Crippen molar-refractivity contribution in [1.29, 1.82) is 0 Å². The monoisotopic (exact) mass is 243 g/mol. The fourth-order valence-electron chi connectivity index (χ4n) is 3.52. The van der Waals surface area contributed by atoms with Gasteiger partial charge in [-0.05, 0) is 67.7 Å². The smallest absolute Gasteiger partial charge is 0.0136 e. The van der Waals surface area contributed by atoms with Gasteiger partial charge in [0.1, 0.15) is 0 Å². The lowest BCUT2D eigenvalue weighted by Crippen LogP contribution is -2.41. The van der Waals surface area contributed by atoms with E-state index in [1.165, 1.54) is 44.9 Å². The van der Waals surface area contributed by atoms with E-state index in [1.54, 1.807) is 16.7 Å². The van der Waals surface area contributed by atoms with E-state index >= 15 is 0 Å². The van der Waals surface area contributed by atoms with E-state index in [0.717, 1.165) is 12.5 Å². The second-order valence-electron chi connectivity index (χ2n) is 6.02. The third-order valence-electron chi connectivity index (χ3n) is 4.80. The molecule has 0 spiro atoms. The van der Waals surface area contributed by atoms with Gasteiger partial charge in [0.15, 0.2) is 0 Å². The van der Waals surface area contributed by atoms with Gasteiger partial charge < -0.3 is 5.32 Å². The van der Waals surface area contributed by atoms with Crippen LogP contribution < -0.4 is 5.32 Å². The molecule has 0 saturated heterocycles. The maximum absolute atomic E-state index is 3.70. The molecule has 1 nitrogen and oxygen atoms in total. The highest BCUT2D eigenvalue weighted by molar-refractivity contribution is 5.35. The zero-order valence-corrected chi connectivity index (χ0v) is 11.5. The van der Waals surface area contributed by atoms with E-state index < -0.39 is 0 Å². The summed E-state index contributed by atoms with van der Waals surface area (Å²) in [5, 5.41) is 3.70. The highest BCUT2D eigenvalue weighted by Gasteiger charge is 2.26. The Morgan fingerprint density at radius 2 is 2.00 bits per heavy atom. The van der Waals surface area contributed by atoms with Crippen molar-refractivity contribution in [3.8, 4) is 0 Å². The minimum atomic E-state index is 0.711. The summed E-state index contributed by atoms with van der Waals surface area (Å²) in [7, 11) is 0. The minimum absolute atomic E-state index is 0.711. The number of rotatable bonds is 5. The highest BCUT2D eigenvalue weighted by Crippen LogP contribution is 2.32. The molecule has 2 aliphatic rings. The Balaban J connectivity index is 1.69. The normalized spacial score (nSPS) is 20.5. The Morgan fingerprint density at radius 3 is 2.72 bits per heavy atom. The van der Waals surface area contributed by atoms with Crippen LogP contribution in [0.5, 0.6) is 0 Å². The van der Waals surface area contributed by atoms with Gasteiger partial charge >= 0.3 is 0 Å². The van der Waals surface area contributed by atoms with E-state index in [-0.39, 0.29) is 0 Å². The number of hydrogen-bond acceptors (Lipinski definition) is 1. The van der Waals surface area contributed by atoms with E-state index in [9.17, 15) is 0 Å². The number of benzene rings is 1. The molecular formula is C17H25N. The largest absolute Gasteiger partial charge is 0.314 e. The van der Waals surface area contributed by atoms with E-state index in [2.05, 4.69) is 30.4 Å². The molecule has 1 aromatic rings. The average Bonchev–Trinajstić information content (AvgIpc) is 2.74. The lowest BCUT2D eigenvalue weighted by atomic mass is 9.77. The molecule has 0 aromatic heterocycles. The SMILES string of the molecule is CCNC(Cc1ccc2c(c1)CCC2)C1CCC1. The maximum Gasteiger partial charge on any atom is 0.0136 e. The summed E-state index contributed by atoms with van der Waals surface area (Å²) in [6, 6.07) is 7.93. The quantitative estimate of drug-likeness (QED) is 0.834. The molecule has 1 unspecified atom stereocenters. The van der Waals surface area contributed by atoms with Gasteiger partial charge in [-0.2, -0.15) is 0 Å². The molecule has 2 aliphatic carbocycles. The molecule has 0 radical (unpaired) electrons. The van der Waals surface area contributed by atoms with Crippen molar-refractivity contribution >= 4 is 0 Å². The average molecular weight is 243 g/mol. The molecule has 1 saturated carbocycles. The van der Waals surface area contributed by atoms with Crippen LogP contribution in [-0.2, 0) is 19.3 Å². The zero-order valence-electron chi connectivity index (χ0n) is 11.5. The van der Waals surface area contributed by atoms with Gasteiger partial charge in [-0.15, -0.1) is 0 Å². The summed E-state index contributed by atoms with van der Waals surface area (Å²) in [6.07, 6.45) is 9.50. The van der Waals surface area contributed by atoms with Gasteiger partial charge in [0, 0.05) is 6.04 Å². The van der Waals surface area contributed by atoms with Gasteiger partial charge in [0.25, 0.3) is 0 Å². The second kappa shape index (κ2) is 5.44. The van der Waals surface area contributed by atoms with Gasteiger partial charge in [0.05, 0.1) is 0 Å². The van der Waals surface area contributed by atoms with Crippen LogP contribution in [0.4, 0.5) is 0 Å². The van der Waals surface area contributed by atoms with Crippen molar-refractivity contribution < 1.29 is 0 Å². The summed E-state index contributed by atoms with van der Waals surface area (Å²) < 4.78 is 0. The first kappa shape index (κ1) is 12.2. The Morgan fingerprint density at radius 1 is 1.17 bits per heavy atom. The maximum atomic E-state index is 3.70. The van der Waals surface area contributed by atoms with Crippen molar-refractivity contribution in [3.63, 3.8) is 0 Å². The second-order valence-corrected chi connectivity index (χ2v) is 6.02. The van der Waals surface area contributed by atoms with Gasteiger partial charge in [-0.25, -0.2) is 0 Å². The number of nitrogens with one attached hydrogen (secondary N) is 1. The van der Waals surface area contributed by atoms with Gasteiger partial charge in [-0.1, -0.05) is 31.5 Å². The van der Waals surface area contributed by atoms with Crippen molar-refractivity contribution in [2.75, 3.05) is 6.54 Å². The first-order valence-electron chi connectivity index (χ1n) is 7.71. The standard InChI is InChI=1S/C17H25N/c1-2-18-17(15-6-4-7-15)12-13-9-10-14-5-3-8-16(14)11-13/h9-11,15,17-18H,2-8,12H2,1H3. The molecule has 98 valence electrons. The summed E-state index contributed by atoms with van der Waals surface area (Å²) in [4.78, 5) is 0. The van der Waals surface area contributed by atoms with Gasteiger partial charge in [0.2, 0.25) is 0 Å². The molecular weight excluding hydrogens is 218 g/mol. The molecule has 0 heterocycles. The Hall–Kier alpha value is -0.820. The molecule has 18 heavy (non-hydrogen) atoms. The van der Waals surface area contributed by atoms with Crippen LogP contribution in [0.2, 0.25) is 0 Å². The van der Waals surface area contributed by atoms with E-state index in [0.29, 0.717) is 6.04 Å². The lowest BCUT2D eigenvalue weighted by Gasteiger charge is -2.34. The predicted molar refractivity (Wildman–Crippen MR) is 77.0 cm³/mol. The number of aryl methyl sites for hydroxylation is 2. The van der Waals surface area contributed by atoms with Crippen molar-refractivity contribution in [2.24, 2.45) is 5.92 Å². The molecule has 1 atom stereocenters. The van der Waals surface area contributed by atoms with Crippen molar-refractivity contribution in [1.82, 2.24) is 5.32 Å². The van der Waals surface area contributed by atoms with E-state index in [4.69, 9.17) is 0 Å². The zero-order chi connectivity index (χ0) is 12.4. The molecule has 0 bridgehead atoms. The number of likely N-dealkylation sites (N-methyl/N-ethyl adjacent to an activating group) is 1.